The SMILES string of the molecule is CC(C)=CCN1CC2(CCCCC2)NCc2ccccc21. The number of hydrogen-bond donors (Lipinski definition) is 1. The Balaban J connectivity index is 1.89. The predicted molar refractivity (Wildman–Crippen MR) is 90.7 cm³/mol. The lowest BCUT2D eigenvalue weighted by Gasteiger charge is -2.40. The van der Waals surface area contributed by atoms with Crippen molar-refractivity contribution in [3.8, 4) is 0 Å². The highest BCUT2D eigenvalue weighted by molar-refractivity contribution is 5.55. The molecule has 1 aliphatic carbocycles. The van der Waals surface area contributed by atoms with E-state index in [2.05, 4.69) is 54.4 Å². The van der Waals surface area contributed by atoms with Crippen LogP contribution >= 0.6 is 0 Å². The largest absolute Gasteiger partial charge is 0.366 e. The monoisotopic (exact) mass is 284 g/mol. The van der Waals surface area contributed by atoms with E-state index in [4.69, 9.17) is 0 Å². The van der Waals surface area contributed by atoms with Crippen LogP contribution in [0.1, 0.15) is 51.5 Å². The Labute approximate surface area is 129 Å². The van der Waals surface area contributed by atoms with Crippen LogP contribution in [0.3, 0.4) is 0 Å². The van der Waals surface area contributed by atoms with Crippen LogP contribution in [0.4, 0.5) is 5.69 Å². The second-order valence-corrected chi connectivity index (χ2v) is 6.99. The molecule has 0 amide bonds. The highest BCUT2D eigenvalue weighted by atomic mass is 15.2. The zero-order chi connectivity index (χ0) is 14.7. The van der Waals surface area contributed by atoms with Gasteiger partial charge in [0.15, 0.2) is 0 Å². The van der Waals surface area contributed by atoms with Gasteiger partial charge in [0.2, 0.25) is 0 Å². The van der Waals surface area contributed by atoms with Crippen LogP contribution in [0.2, 0.25) is 0 Å². The zero-order valence-electron chi connectivity index (χ0n) is 13.5. The minimum Gasteiger partial charge on any atom is -0.366 e. The summed E-state index contributed by atoms with van der Waals surface area (Å²) in [5.41, 5.74) is 4.60. The zero-order valence-corrected chi connectivity index (χ0v) is 13.5. The molecule has 1 fully saturated rings. The lowest BCUT2D eigenvalue weighted by atomic mass is 9.81. The second-order valence-electron chi connectivity index (χ2n) is 6.99. The van der Waals surface area contributed by atoms with Gasteiger partial charge in [-0.1, -0.05) is 49.1 Å². The maximum Gasteiger partial charge on any atom is 0.0415 e. The fourth-order valence-corrected chi connectivity index (χ4v) is 3.78. The Hall–Kier alpha value is -1.28. The van der Waals surface area contributed by atoms with Crippen molar-refractivity contribution in [2.75, 3.05) is 18.0 Å². The summed E-state index contributed by atoms with van der Waals surface area (Å²) in [4.78, 5) is 2.59. The van der Waals surface area contributed by atoms with E-state index in [-0.39, 0.29) is 0 Å². The molecule has 1 aliphatic heterocycles. The van der Waals surface area contributed by atoms with Gasteiger partial charge in [0.25, 0.3) is 0 Å². The van der Waals surface area contributed by atoms with Gasteiger partial charge in [0.1, 0.15) is 0 Å². The highest BCUT2D eigenvalue weighted by Gasteiger charge is 2.35. The normalized spacial score (nSPS) is 20.8. The Bertz CT molecular complexity index is 508. The summed E-state index contributed by atoms with van der Waals surface area (Å²) in [6, 6.07) is 8.91. The van der Waals surface area contributed by atoms with Crippen molar-refractivity contribution in [2.45, 2.75) is 58.0 Å². The van der Waals surface area contributed by atoms with Crippen LogP contribution in [0.5, 0.6) is 0 Å². The highest BCUT2D eigenvalue weighted by Crippen LogP contribution is 2.34. The topological polar surface area (TPSA) is 15.3 Å². The van der Waals surface area contributed by atoms with Gasteiger partial charge in [-0.2, -0.15) is 0 Å². The Morgan fingerprint density at radius 1 is 1.19 bits per heavy atom. The van der Waals surface area contributed by atoms with Gasteiger partial charge in [0.05, 0.1) is 0 Å². The molecule has 1 aromatic rings. The lowest BCUT2D eigenvalue weighted by molar-refractivity contribution is 0.237. The van der Waals surface area contributed by atoms with Crippen molar-refractivity contribution in [1.82, 2.24) is 5.32 Å². The predicted octanol–water partition coefficient (Wildman–Crippen LogP) is 4.27. The van der Waals surface area contributed by atoms with E-state index in [0.717, 1.165) is 19.6 Å². The third kappa shape index (κ3) is 3.32. The minimum absolute atomic E-state index is 0.326. The van der Waals surface area contributed by atoms with Gasteiger partial charge >= 0.3 is 0 Å². The van der Waals surface area contributed by atoms with Crippen LogP contribution < -0.4 is 10.2 Å². The first kappa shape index (κ1) is 14.6. The van der Waals surface area contributed by atoms with E-state index in [9.17, 15) is 0 Å². The third-order valence-corrected chi connectivity index (χ3v) is 5.01. The molecule has 0 bridgehead atoms. The summed E-state index contributed by atoms with van der Waals surface area (Å²) in [6.07, 6.45) is 9.17. The second kappa shape index (κ2) is 6.23. The smallest absolute Gasteiger partial charge is 0.0415 e. The molecule has 1 saturated carbocycles. The van der Waals surface area contributed by atoms with Crippen molar-refractivity contribution < 1.29 is 0 Å². The molecule has 0 saturated heterocycles. The number of benzene rings is 1. The quantitative estimate of drug-likeness (QED) is 0.816. The van der Waals surface area contributed by atoms with Crippen molar-refractivity contribution in [1.29, 1.82) is 0 Å². The van der Waals surface area contributed by atoms with E-state index < -0.39 is 0 Å². The van der Waals surface area contributed by atoms with Gasteiger partial charge in [-0.05, 0) is 38.3 Å². The first-order chi connectivity index (χ1) is 10.2. The molecule has 0 unspecified atom stereocenters. The van der Waals surface area contributed by atoms with Crippen molar-refractivity contribution in [2.24, 2.45) is 0 Å². The molecular formula is C19H28N2. The average Bonchev–Trinajstić information content (AvgIpc) is 2.64. The number of nitrogens with zero attached hydrogens (tertiary/aromatic N) is 1. The fraction of sp³-hybridized carbons (Fsp3) is 0.579. The molecule has 0 atom stereocenters. The molecule has 1 N–H and O–H groups in total. The summed E-state index contributed by atoms with van der Waals surface area (Å²) in [7, 11) is 0. The summed E-state index contributed by atoms with van der Waals surface area (Å²) in [5.74, 6) is 0. The molecule has 0 radical (unpaired) electrons. The van der Waals surface area contributed by atoms with Crippen LogP contribution in [0.15, 0.2) is 35.9 Å². The first-order valence-corrected chi connectivity index (χ1v) is 8.40. The summed E-state index contributed by atoms with van der Waals surface area (Å²) in [5, 5.41) is 3.91. The summed E-state index contributed by atoms with van der Waals surface area (Å²) >= 11 is 0. The standard InChI is InChI=1S/C19H28N2/c1-16(2)10-13-21-15-19(11-6-3-7-12-19)20-14-17-8-4-5-9-18(17)21/h4-5,8-10,20H,3,6-7,11-15H2,1-2H3. The van der Waals surface area contributed by atoms with E-state index in [0.29, 0.717) is 5.54 Å². The number of para-hydroxylation sites is 1. The Kier molecular flexibility index (Phi) is 4.34. The van der Waals surface area contributed by atoms with Crippen LogP contribution in [0.25, 0.3) is 0 Å². The molecule has 21 heavy (non-hydrogen) atoms. The number of hydrogen-bond acceptors (Lipinski definition) is 2. The molecule has 0 aromatic heterocycles. The van der Waals surface area contributed by atoms with E-state index in [1.807, 2.05) is 0 Å². The van der Waals surface area contributed by atoms with E-state index >= 15 is 0 Å². The average molecular weight is 284 g/mol. The number of anilines is 1. The number of fused-ring (bicyclic) bond motifs is 1. The van der Waals surface area contributed by atoms with Crippen molar-refractivity contribution >= 4 is 5.69 Å². The van der Waals surface area contributed by atoms with Gasteiger partial charge in [-0.25, -0.2) is 0 Å². The first-order valence-electron chi connectivity index (χ1n) is 8.40. The van der Waals surface area contributed by atoms with Crippen LogP contribution in [-0.4, -0.2) is 18.6 Å². The summed E-state index contributed by atoms with van der Waals surface area (Å²) < 4.78 is 0. The van der Waals surface area contributed by atoms with Gasteiger partial charge in [-0.3, -0.25) is 0 Å². The maximum atomic E-state index is 3.91. The van der Waals surface area contributed by atoms with Crippen LogP contribution in [-0.2, 0) is 6.54 Å². The molecule has 1 heterocycles. The number of nitrogens with one attached hydrogen (secondary N) is 1. The Morgan fingerprint density at radius 2 is 1.95 bits per heavy atom. The maximum absolute atomic E-state index is 3.91. The van der Waals surface area contributed by atoms with Gasteiger partial charge < -0.3 is 10.2 Å². The molecule has 2 aliphatic rings. The minimum atomic E-state index is 0.326. The molecule has 1 aromatic carbocycles. The lowest BCUT2D eigenvalue weighted by Crippen LogP contribution is -2.53. The molecule has 2 heteroatoms. The Morgan fingerprint density at radius 3 is 2.71 bits per heavy atom. The molecule has 3 rings (SSSR count). The number of allylic oxidation sites excluding steroid dienone is 1. The fourth-order valence-electron chi connectivity index (χ4n) is 3.78. The van der Waals surface area contributed by atoms with E-state index in [1.165, 1.54) is 48.9 Å². The molecule has 1 spiro atoms. The van der Waals surface area contributed by atoms with E-state index in [1.54, 1.807) is 0 Å². The van der Waals surface area contributed by atoms with Gasteiger partial charge in [-0.15, -0.1) is 0 Å². The van der Waals surface area contributed by atoms with Crippen molar-refractivity contribution in [3.63, 3.8) is 0 Å². The van der Waals surface area contributed by atoms with Gasteiger partial charge in [0, 0.05) is 30.9 Å². The van der Waals surface area contributed by atoms with Crippen molar-refractivity contribution in [3.05, 3.63) is 41.5 Å². The number of rotatable bonds is 2. The molecular weight excluding hydrogens is 256 g/mol. The molecule has 2 nitrogen and oxygen atoms in total. The molecule has 114 valence electrons. The van der Waals surface area contributed by atoms with Crippen LogP contribution in [0, 0.1) is 0 Å². The summed E-state index contributed by atoms with van der Waals surface area (Å²) in [6.45, 7) is 7.58. The third-order valence-electron chi connectivity index (χ3n) is 5.01.